The summed E-state index contributed by atoms with van der Waals surface area (Å²) < 4.78 is 25.0. The monoisotopic (exact) mass is 317 g/mol. The molecule has 2 atom stereocenters. The molecule has 17 heavy (non-hydrogen) atoms. The van der Waals surface area contributed by atoms with Gasteiger partial charge in [0.15, 0.2) is 0 Å². The Balaban J connectivity index is 2.21. The molecule has 1 saturated heterocycles. The Morgan fingerprint density at radius 2 is 2.00 bits per heavy atom. The topological polar surface area (TPSA) is 37.4 Å². The second kappa shape index (κ2) is 5.08. The van der Waals surface area contributed by atoms with E-state index < -0.39 is 10.0 Å². The van der Waals surface area contributed by atoms with E-state index in [1.807, 2.05) is 18.2 Å². The van der Waals surface area contributed by atoms with Gasteiger partial charge in [-0.1, -0.05) is 46.3 Å². The van der Waals surface area contributed by atoms with Gasteiger partial charge in [-0.25, -0.2) is 8.42 Å². The molecular weight excluding hydrogens is 302 g/mol. The molecule has 0 aliphatic carbocycles. The smallest absolute Gasteiger partial charge is 0.211 e. The summed E-state index contributed by atoms with van der Waals surface area (Å²) in [5.74, 6) is 0.313. The molecule has 1 aliphatic rings. The van der Waals surface area contributed by atoms with Crippen LogP contribution in [0.4, 0.5) is 0 Å². The first-order chi connectivity index (χ1) is 8.02. The fraction of sp³-hybridized carbons (Fsp3) is 0.500. The Hall–Kier alpha value is -0.390. The van der Waals surface area contributed by atoms with Gasteiger partial charge >= 0.3 is 0 Å². The van der Waals surface area contributed by atoms with Crippen molar-refractivity contribution in [1.29, 1.82) is 0 Å². The molecule has 1 fully saturated rings. The van der Waals surface area contributed by atoms with E-state index in [9.17, 15) is 8.42 Å². The highest BCUT2D eigenvalue weighted by Crippen LogP contribution is 2.33. The first kappa shape index (κ1) is 13.1. The van der Waals surface area contributed by atoms with Gasteiger partial charge in [-0.3, -0.25) is 0 Å². The van der Waals surface area contributed by atoms with Gasteiger partial charge in [0.05, 0.1) is 6.26 Å². The fourth-order valence-corrected chi connectivity index (χ4v) is 4.36. The lowest BCUT2D eigenvalue weighted by atomic mass is 9.97. The van der Waals surface area contributed by atoms with Crippen LogP contribution in [-0.2, 0) is 10.0 Å². The van der Waals surface area contributed by atoms with E-state index in [1.54, 1.807) is 4.31 Å². The SMILES string of the molecule is CS(=O)(=O)N1CC(c2ccccc2)CC1CBr. The lowest BCUT2D eigenvalue weighted by Gasteiger charge is -2.19. The molecule has 5 heteroatoms. The summed E-state index contributed by atoms with van der Waals surface area (Å²) in [6.45, 7) is 0.596. The van der Waals surface area contributed by atoms with Crippen LogP contribution in [0.3, 0.4) is 0 Å². The minimum absolute atomic E-state index is 0.0789. The van der Waals surface area contributed by atoms with Gasteiger partial charge in [-0.05, 0) is 17.9 Å². The molecule has 0 saturated carbocycles. The zero-order valence-electron chi connectivity index (χ0n) is 9.71. The number of hydrogen-bond acceptors (Lipinski definition) is 2. The largest absolute Gasteiger partial charge is 0.212 e. The number of benzene rings is 1. The molecular formula is C12H16BrNO2S. The van der Waals surface area contributed by atoms with Crippen LogP contribution in [0.1, 0.15) is 17.9 Å². The van der Waals surface area contributed by atoms with E-state index in [4.69, 9.17) is 0 Å². The van der Waals surface area contributed by atoms with Crippen molar-refractivity contribution in [3.8, 4) is 0 Å². The third kappa shape index (κ3) is 2.89. The average molecular weight is 318 g/mol. The maximum atomic E-state index is 11.7. The van der Waals surface area contributed by atoms with Gasteiger partial charge in [0.2, 0.25) is 10.0 Å². The van der Waals surface area contributed by atoms with Gasteiger partial charge in [0.25, 0.3) is 0 Å². The van der Waals surface area contributed by atoms with Gasteiger partial charge in [0.1, 0.15) is 0 Å². The van der Waals surface area contributed by atoms with Gasteiger partial charge in [-0.15, -0.1) is 0 Å². The van der Waals surface area contributed by atoms with E-state index in [0.717, 1.165) is 6.42 Å². The second-order valence-electron chi connectivity index (χ2n) is 4.48. The van der Waals surface area contributed by atoms with Crippen LogP contribution in [0.15, 0.2) is 30.3 Å². The molecule has 3 nitrogen and oxygen atoms in total. The summed E-state index contributed by atoms with van der Waals surface area (Å²) in [4.78, 5) is 0. The minimum Gasteiger partial charge on any atom is -0.212 e. The van der Waals surface area contributed by atoms with Crippen molar-refractivity contribution in [2.45, 2.75) is 18.4 Å². The van der Waals surface area contributed by atoms with Crippen LogP contribution >= 0.6 is 15.9 Å². The number of alkyl halides is 1. The average Bonchev–Trinajstić information content (AvgIpc) is 2.74. The second-order valence-corrected chi connectivity index (χ2v) is 7.07. The van der Waals surface area contributed by atoms with Crippen molar-refractivity contribution in [2.24, 2.45) is 0 Å². The fourth-order valence-electron chi connectivity index (χ4n) is 2.40. The zero-order chi connectivity index (χ0) is 12.5. The third-order valence-corrected chi connectivity index (χ3v) is 5.29. The molecule has 0 N–H and O–H groups in total. The molecule has 0 amide bonds. The third-order valence-electron chi connectivity index (χ3n) is 3.24. The Labute approximate surface area is 111 Å². The van der Waals surface area contributed by atoms with E-state index in [0.29, 0.717) is 17.8 Å². The Morgan fingerprint density at radius 1 is 1.35 bits per heavy atom. The van der Waals surface area contributed by atoms with Crippen LogP contribution in [0.2, 0.25) is 0 Å². The van der Waals surface area contributed by atoms with E-state index in [1.165, 1.54) is 11.8 Å². The summed E-state index contributed by atoms with van der Waals surface area (Å²) in [5.41, 5.74) is 1.23. The van der Waals surface area contributed by atoms with Crippen molar-refractivity contribution < 1.29 is 8.42 Å². The van der Waals surface area contributed by atoms with Crippen molar-refractivity contribution in [3.63, 3.8) is 0 Å². The van der Waals surface area contributed by atoms with Gasteiger partial charge in [0, 0.05) is 17.9 Å². The number of halogens is 1. The molecule has 1 heterocycles. The quantitative estimate of drug-likeness (QED) is 0.801. The Morgan fingerprint density at radius 3 is 2.47 bits per heavy atom. The van der Waals surface area contributed by atoms with E-state index in [2.05, 4.69) is 28.1 Å². The number of sulfonamides is 1. The van der Waals surface area contributed by atoms with Crippen molar-refractivity contribution in [3.05, 3.63) is 35.9 Å². The first-order valence-electron chi connectivity index (χ1n) is 5.60. The highest BCUT2D eigenvalue weighted by atomic mass is 79.9. The molecule has 1 aromatic rings. The van der Waals surface area contributed by atoms with Gasteiger partial charge in [-0.2, -0.15) is 4.31 Å². The highest BCUT2D eigenvalue weighted by molar-refractivity contribution is 9.09. The number of hydrogen-bond donors (Lipinski definition) is 0. The summed E-state index contributed by atoms with van der Waals surface area (Å²) in [7, 11) is -3.10. The molecule has 0 radical (unpaired) electrons. The summed E-state index contributed by atoms with van der Waals surface area (Å²) in [6, 6.07) is 10.2. The van der Waals surface area contributed by atoms with Crippen LogP contribution in [0, 0.1) is 0 Å². The van der Waals surface area contributed by atoms with Crippen molar-refractivity contribution in [1.82, 2.24) is 4.31 Å². The number of rotatable bonds is 3. The zero-order valence-corrected chi connectivity index (χ0v) is 12.1. The van der Waals surface area contributed by atoms with Crippen molar-refractivity contribution in [2.75, 3.05) is 18.1 Å². The van der Waals surface area contributed by atoms with E-state index in [-0.39, 0.29) is 6.04 Å². The maximum absolute atomic E-state index is 11.7. The summed E-state index contributed by atoms with van der Waals surface area (Å²) in [5, 5.41) is 0.698. The molecule has 2 unspecified atom stereocenters. The Bertz CT molecular complexity index is 475. The van der Waals surface area contributed by atoms with Crippen molar-refractivity contribution >= 4 is 26.0 Å². The van der Waals surface area contributed by atoms with E-state index >= 15 is 0 Å². The first-order valence-corrected chi connectivity index (χ1v) is 8.57. The van der Waals surface area contributed by atoms with Crippen LogP contribution < -0.4 is 0 Å². The normalized spacial score (nSPS) is 26.2. The molecule has 0 spiro atoms. The molecule has 94 valence electrons. The lowest BCUT2D eigenvalue weighted by molar-refractivity contribution is 0.416. The molecule has 1 aliphatic heterocycles. The van der Waals surface area contributed by atoms with Gasteiger partial charge < -0.3 is 0 Å². The lowest BCUT2D eigenvalue weighted by Crippen LogP contribution is -2.35. The summed E-state index contributed by atoms with van der Waals surface area (Å²) in [6.07, 6.45) is 2.18. The standard InChI is InChI=1S/C12H16BrNO2S/c1-17(15,16)14-9-11(7-12(14)8-13)10-5-3-2-4-6-10/h2-6,11-12H,7-9H2,1H3. The number of nitrogens with zero attached hydrogens (tertiary/aromatic N) is 1. The van der Waals surface area contributed by atoms with Crippen LogP contribution in [0.5, 0.6) is 0 Å². The maximum Gasteiger partial charge on any atom is 0.211 e. The molecule has 0 aromatic heterocycles. The molecule has 2 rings (SSSR count). The highest BCUT2D eigenvalue weighted by Gasteiger charge is 2.37. The molecule has 1 aromatic carbocycles. The van der Waals surface area contributed by atoms with Crippen LogP contribution in [-0.4, -0.2) is 36.9 Å². The predicted molar refractivity (Wildman–Crippen MR) is 72.9 cm³/mol. The minimum atomic E-state index is -3.10. The predicted octanol–water partition coefficient (Wildman–Crippen LogP) is 2.20. The Kier molecular flexibility index (Phi) is 3.90. The molecule has 0 bridgehead atoms. The summed E-state index contributed by atoms with van der Waals surface area (Å²) >= 11 is 3.40. The van der Waals surface area contributed by atoms with Crippen LogP contribution in [0.25, 0.3) is 0 Å².